The molecule has 0 aliphatic heterocycles. The number of aromatic nitrogens is 2. The maximum atomic E-state index is 13.7. The second-order valence-corrected chi connectivity index (χ2v) is 5.63. The van der Waals surface area contributed by atoms with Crippen LogP contribution in [0.4, 0.5) is 9.18 Å². The molecule has 0 aliphatic rings. The van der Waals surface area contributed by atoms with Crippen LogP contribution in [-0.2, 0) is 19.2 Å². The molecule has 3 N–H and O–H groups in total. The standard InChI is InChI=1S/C16H18FN5O2/c1-16(24,13-8-21-22(2)9-13)10-20-15(23)19-7-12-4-3-11(6-18)5-14(12)17/h3-5,8-9,24H,7,10H2,1-2H3,(H2,19,20,23). The third-order valence-electron chi connectivity index (χ3n) is 3.54. The van der Waals surface area contributed by atoms with Gasteiger partial charge >= 0.3 is 6.03 Å². The summed E-state index contributed by atoms with van der Waals surface area (Å²) in [5, 5.41) is 28.0. The minimum Gasteiger partial charge on any atom is -0.383 e. The number of amides is 2. The Morgan fingerprint density at radius 2 is 2.25 bits per heavy atom. The predicted octanol–water partition coefficient (Wildman–Crippen LogP) is 1.14. The van der Waals surface area contributed by atoms with Crippen molar-refractivity contribution >= 4 is 6.03 Å². The molecule has 24 heavy (non-hydrogen) atoms. The zero-order chi connectivity index (χ0) is 17.7. The quantitative estimate of drug-likeness (QED) is 0.764. The van der Waals surface area contributed by atoms with Gasteiger partial charge in [0.1, 0.15) is 11.4 Å². The van der Waals surface area contributed by atoms with Crippen LogP contribution in [0.2, 0.25) is 0 Å². The molecule has 7 nitrogen and oxygen atoms in total. The Kier molecular flexibility index (Phi) is 5.16. The molecule has 0 aliphatic carbocycles. The molecule has 1 heterocycles. The third-order valence-corrected chi connectivity index (χ3v) is 3.54. The van der Waals surface area contributed by atoms with Gasteiger partial charge in [0.25, 0.3) is 0 Å². The van der Waals surface area contributed by atoms with E-state index in [1.54, 1.807) is 24.9 Å². The van der Waals surface area contributed by atoms with Gasteiger partial charge in [0, 0.05) is 30.9 Å². The summed E-state index contributed by atoms with van der Waals surface area (Å²) in [5.74, 6) is -0.559. The number of hydrogen-bond donors (Lipinski definition) is 3. The van der Waals surface area contributed by atoms with Crippen LogP contribution in [0.3, 0.4) is 0 Å². The van der Waals surface area contributed by atoms with Crippen LogP contribution in [-0.4, -0.2) is 27.5 Å². The molecule has 126 valence electrons. The van der Waals surface area contributed by atoms with Gasteiger partial charge in [-0.3, -0.25) is 4.68 Å². The second kappa shape index (κ2) is 7.10. The Bertz CT molecular complexity index is 779. The predicted molar refractivity (Wildman–Crippen MR) is 84.1 cm³/mol. The third kappa shape index (κ3) is 4.30. The van der Waals surface area contributed by atoms with Crippen LogP contribution >= 0.6 is 0 Å². The average molecular weight is 331 g/mol. The van der Waals surface area contributed by atoms with Crippen molar-refractivity contribution in [2.24, 2.45) is 7.05 Å². The summed E-state index contributed by atoms with van der Waals surface area (Å²) < 4.78 is 15.3. The number of hydrogen-bond acceptors (Lipinski definition) is 4. The lowest BCUT2D eigenvalue weighted by molar-refractivity contribution is 0.0593. The highest BCUT2D eigenvalue weighted by atomic mass is 19.1. The van der Waals surface area contributed by atoms with Crippen molar-refractivity contribution in [1.29, 1.82) is 5.26 Å². The Balaban J connectivity index is 1.86. The monoisotopic (exact) mass is 331 g/mol. The Morgan fingerprint density at radius 3 is 2.83 bits per heavy atom. The minimum absolute atomic E-state index is 0.0274. The summed E-state index contributed by atoms with van der Waals surface area (Å²) in [6.45, 7) is 1.50. The van der Waals surface area contributed by atoms with E-state index >= 15 is 0 Å². The van der Waals surface area contributed by atoms with Gasteiger partial charge in [-0.1, -0.05) is 6.07 Å². The van der Waals surface area contributed by atoms with Crippen LogP contribution in [0.1, 0.15) is 23.6 Å². The van der Waals surface area contributed by atoms with Gasteiger partial charge in [-0.15, -0.1) is 0 Å². The number of halogens is 1. The lowest BCUT2D eigenvalue weighted by Gasteiger charge is -2.22. The highest BCUT2D eigenvalue weighted by Gasteiger charge is 2.25. The number of rotatable bonds is 5. The van der Waals surface area contributed by atoms with Crippen LogP contribution < -0.4 is 10.6 Å². The fraction of sp³-hybridized carbons (Fsp3) is 0.312. The summed E-state index contributed by atoms with van der Waals surface area (Å²) >= 11 is 0. The molecule has 0 spiro atoms. The number of nitrogens with one attached hydrogen (secondary N) is 2. The molecule has 2 aromatic rings. The van der Waals surface area contributed by atoms with Crippen LogP contribution in [0.5, 0.6) is 0 Å². The van der Waals surface area contributed by atoms with Crippen molar-refractivity contribution in [1.82, 2.24) is 20.4 Å². The molecule has 0 radical (unpaired) electrons. The van der Waals surface area contributed by atoms with Crippen LogP contribution in [0, 0.1) is 17.1 Å². The van der Waals surface area contributed by atoms with E-state index in [0.29, 0.717) is 5.56 Å². The molecule has 0 saturated heterocycles. The molecule has 1 aromatic carbocycles. The maximum absolute atomic E-state index is 13.7. The van der Waals surface area contributed by atoms with E-state index in [0.717, 1.165) is 6.07 Å². The van der Waals surface area contributed by atoms with Crippen molar-refractivity contribution in [2.45, 2.75) is 19.1 Å². The second-order valence-electron chi connectivity index (χ2n) is 5.63. The first-order valence-electron chi connectivity index (χ1n) is 7.23. The van der Waals surface area contributed by atoms with Crippen molar-refractivity contribution < 1.29 is 14.3 Å². The van der Waals surface area contributed by atoms with E-state index in [9.17, 15) is 14.3 Å². The van der Waals surface area contributed by atoms with Crippen molar-refractivity contribution in [3.05, 3.63) is 53.1 Å². The Morgan fingerprint density at radius 1 is 1.50 bits per heavy atom. The van der Waals surface area contributed by atoms with Crippen molar-refractivity contribution in [3.63, 3.8) is 0 Å². The molecule has 0 fully saturated rings. The number of carbonyl (C=O) groups is 1. The number of carbonyl (C=O) groups excluding carboxylic acids is 1. The number of aliphatic hydroxyl groups is 1. The van der Waals surface area contributed by atoms with Gasteiger partial charge in [-0.2, -0.15) is 10.4 Å². The molecule has 8 heteroatoms. The van der Waals surface area contributed by atoms with Gasteiger partial charge in [-0.25, -0.2) is 9.18 Å². The Hall–Kier alpha value is -2.92. The van der Waals surface area contributed by atoms with Crippen LogP contribution in [0.25, 0.3) is 0 Å². The van der Waals surface area contributed by atoms with E-state index in [1.807, 2.05) is 6.07 Å². The average Bonchev–Trinajstić information content (AvgIpc) is 2.99. The first-order chi connectivity index (χ1) is 11.3. The molecule has 1 aromatic heterocycles. The zero-order valence-electron chi connectivity index (χ0n) is 13.4. The summed E-state index contributed by atoms with van der Waals surface area (Å²) in [7, 11) is 1.73. The first-order valence-corrected chi connectivity index (χ1v) is 7.23. The van der Waals surface area contributed by atoms with Gasteiger partial charge < -0.3 is 15.7 Å². The topological polar surface area (TPSA) is 103 Å². The maximum Gasteiger partial charge on any atom is 0.315 e. The molecule has 2 amide bonds. The number of nitriles is 1. The number of urea groups is 1. The molecule has 1 unspecified atom stereocenters. The Labute approximate surface area is 138 Å². The van der Waals surface area contributed by atoms with Gasteiger partial charge in [0.15, 0.2) is 0 Å². The summed E-state index contributed by atoms with van der Waals surface area (Å²) in [5.41, 5.74) is -0.217. The van der Waals surface area contributed by atoms with Crippen molar-refractivity contribution in [2.75, 3.05) is 6.54 Å². The largest absolute Gasteiger partial charge is 0.383 e. The van der Waals surface area contributed by atoms with E-state index in [1.165, 1.54) is 18.3 Å². The number of benzene rings is 1. The molecule has 1 atom stereocenters. The van der Waals surface area contributed by atoms with Gasteiger partial charge in [0.2, 0.25) is 0 Å². The van der Waals surface area contributed by atoms with Gasteiger partial charge in [-0.05, 0) is 19.1 Å². The molecule has 2 rings (SSSR count). The first kappa shape index (κ1) is 17.4. The zero-order valence-corrected chi connectivity index (χ0v) is 13.4. The van der Waals surface area contributed by atoms with E-state index in [2.05, 4.69) is 15.7 Å². The smallest absolute Gasteiger partial charge is 0.315 e. The fourth-order valence-corrected chi connectivity index (χ4v) is 2.05. The van der Waals surface area contributed by atoms with Crippen molar-refractivity contribution in [3.8, 4) is 6.07 Å². The van der Waals surface area contributed by atoms with Crippen LogP contribution in [0.15, 0.2) is 30.6 Å². The molecule has 0 bridgehead atoms. The summed E-state index contributed by atoms with van der Waals surface area (Å²) in [4.78, 5) is 11.8. The van der Waals surface area contributed by atoms with E-state index < -0.39 is 17.4 Å². The van der Waals surface area contributed by atoms with E-state index in [-0.39, 0.29) is 24.2 Å². The summed E-state index contributed by atoms with van der Waals surface area (Å²) in [6.07, 6.45) is 3.18. The lowest BCUT2D eigenvalue weighted by atomic mass is 10.00. The minimum atomic E-state index is -1.27. The van der Waals surface area contributed by atoms with E-state index in [4.69, 9.17) is 5.26 Å². The normalized spacial score (nSPS) is 13.0. The number of nitrogens with zero attached hydrogens (tertiary/aromatic N) is 3. The number of aryl methyl sites for hydroxylation is 1. The highest BCUT2D eigenvalue weighted by molar-refractivity contribution is 5.73. The van der Waals surface area contributed by atoms with Gasteiger partial charge in [0.05, 0.1) is 24.4 Å². The SMILES string of the molecule is Cn1cc(C(C)(O)CNC(=O)NCc2ccc(C#N)cc2F)cn1. The highest BCUT2D eigenvalue weighted by Crippen LogP contribution is 2.18. The molecular weight excluding hydrogens is 313 g/mol. The summed E-state index contributed by atoms with van der Waals surface area (Å²) in [6, 6.07) is 5.34. The lowest BCUT2D eigenvalue weighted by Crippen LogP contribution is -2.43. The molecule has 0 saturated carbocycles. The fourth-order valence-electron chi connectivity index (χ4n) is 2.05. The molecular formula is C16H18FN5O2.